The molecular weight excluding hydrogens is 330 g/mol. The number of esters is 1. The summed E-state index contributed by atoms with van der Waals surface area (Å²) in [6.45, 7) is 5.63. The summed E-state index contributed by atoms with van der Waals surface area (Å²) in [5, 5.41) is 1.02. The van der Waals surface area contributed by atoms with Gasteiger partial charge in [0.2, 0.25) is 5.82 Å². The van der Waals surface area contributed by atoms with Crippen molar-refractivity contribution in [1.82, 2.24) is 14.5 Å². The van der Waals surface area contributed by atoms with E-state index in [0.717, 1.165) is 16.9 Å². The quantitative estimate of drug-likeness (QED) is 0.740. The van der Waals surface area contributed by atoms with Crippen LogP contribution in [0, 0.1) is 13.8 Å². The van der Waals surface area contributed by atoms with Gasteiger partial charge in [-0.05, 0) is 44.5 Å². The fourth-order valence-electron chi connectivity index (χ4n) is 2.70. The zero-order valence-electron chi connectivity index (χ0n) is 13.5. The number of halogens is 1. The lowest BCUT2D eigenvalue weighted by Gasteiger charge is -2.09. The maximum Gasteiger partial charge on any atom is 0.374 e. The molecule has 0 spiro atoms. The lowest BCUT2D eigenvalue weighted by molar-refractivity contribution is 0.0512. The highest BCUT2D eigenvalue weighted by molar-refractivity contribution is 6.30. The molecule has 0 aliphatic carbocycles. The van der Waals surface area contributed by atoms with Gasteiger partial charge in [-0.15, -0.1) is 0 Å². The zero-order valence-corrected chi connectivity index (χ0v) is 14.3. The second-order valence-corrected chi connectivity index (χ2v) is 5.80. The van der Waals surface area contributed by atoms with Gasteiger partial charge in [0.25, 0.3) is 5.56 Å². The normalized spacial score (nSPS) is 11.0. The molecule has 0 atom stereocenters. The van der Waals surface area contributed by atoms with Crippen LogP contribution in [0.4, 0.5) is 0 Å². The van der Waals surface area contributed by atoms with E-state index >= 15 is 0 Å². The molecule has 124 valence electrons. The average molecular weight is 346 g/mol. The molecule has 0 amide bonds. The van der Waals surface area contributed by atoms with Gasteiger partial charge in [0.05, 0.1) is 12.0 Å². The van der Waals surface area contributed by atoms with Crippen LogP contribution >= 0.6 is 11.6 Å². The molecule has 6 nitrogen and oxygen atoms in total. The summed E-state index contributed by atoms with van der Waals surface area (Å²) in [6.07, 6.45) is 0. The Morgan fingerprint density at radius 2 is 2.12 bits per heavy atom. The summed E-state index contributed by atoms with van der Waals surface area (Å²) in [6, 6.07) is 7.23. The van der Waals surface area contributed by atoms with Crippen LogP contribution in [0.2, 0.25) is 5.02 Å². The molecule has 0 unspecified atom stereocenters. The highest BCUT2D eigenvalue weighted by Gasteiger charge is 2.20. The van der Waals surface area contributed by atoms with Crippen molar-refractivity contribution in [3.05, 3.63) is 56.7 Å². The number of benzene rings is 1. The second kappa shape index (κ2) is 6.13. The third-order valence-corrected chi connectivity index (χ3v) is 4.14. The smallest absolute Gasteiger partial charge is 0.374 e. The Bertz CT molecular complexity index is 1000. The number of H-pyrrole nitrogens is 1. The Kier molecular flexibility index (Phi) is 4.15. The molecule has 2 aromatic heterocycles. The molecule has 3 rings (SSSR count). The molecule has 0 aliphatic rings. The van der Waals surface area contributed by atoms with Gasteiger partial charge in [0.15, 0.2) is 5.65 Å². The van der Waals surface area contributed by atoms with Gasteiger partial charge in [-0.2, -0.15) is 0 Å². The number of aromatic amines is 1. The average Bonchev–Trinajstić information content (AvgIpc) is 2.79. The van der Waals surface area contributed by atoms with Crippen LogP contribution in [0.25, 0.3) is 16.7 Å². The van der Waals surface area contributed by atoms with Crippen LogP contribution in [-0.4, -0.2) is 27.1 Å². The Labute approximate surface area is 143 Å². The number of aromatic nitrogens is 3. The Morgan fingerprint density at radius 3 is 2.79 bits per heavy atom. The van der Waals surface area contributed by atoms with Crippen LogP contribution in [0.1, 0.15) is 28.8 Å². The van der Waals surface area contributed by atoms with E-state index < -0.39 is 5.97 Å². The fraction of sp³-hybridized carbons (Fsp3) is 0.235. The van der Waals surface area contributed by atoms with Gasteiger partial charge in [-0.1, -0.05) is 17.7 Å². The third-order valence-electron chi connectivity index (χ3n) is 3.90. The fourth-order valence-corrected chi connectivity index (χ4v) is 2.88. The van der Waals surface area contributed by atoms with Crippen LogP contribution < -0.4 is 5.56 Å². The summed E-state index contributed by atoms with van der Waals surface area (Å²) in [7, 11) is 0. The standard InChI is InChI=1S/C17H16ClN3O3/c1-4-24-17(23)14-19-15-13(16(22)20-14)9(2)10(3)21(15)12-7-5-6-11(18)8-12/h5-8H,4H2,1-3H3,(H,19,20,22). The maximum absolute atomic E-state index is 12.5. The molecule has 1 aromatic carbocycles. The first-order valence-corrected chi connectivity index (χ1v) is 7.86. The molecule has 7 heteroatoms. The molecule has 0 saturated carbocycles. The minimum Gasteiger partial charge on any atom is -0.460 e. The van der Waals surface area contributed by atoms with E-state index in [1.807, 2.05) is 30.5 Å². The van der Waals surface area contributed by atoms with E-state index in [1.54, 1.807) is 19.1 Å². The van der Waals surface area contributed by atoms with Gasteiger partial charge in [-0.25, -0.2) is 9.78 Å². The molecule has 0 bridgehead atoms. The van der Waals surface area contributed by atoms with E-state index in [-0.39, 0.29) is 18.0 Å². The van der Waals surface area contributed by atoms with Crippen LogP contribution in [0.3, 0.4) is 0 Å². The summed E-state index contributed by atoms with van der Waals surface area (Å²) < 4.78 is 6.75. The number of hydrogen-bond acceptors (Lipinski definition) is 4. The van der Waals surface area contributed by atoms with Gasteiger partial charge < -0.3 is 9.72 Å². The summed E-state index contributed by atoms with van der Waals surface area (Å²) in [5.41, 5.74) is 2.45. The highest BCUT2D eigenvalue weighted by atomic mass is 35.5. The number of aryl methyl sites for hydroxylation is 1. The lowest BCUT2D eigenvalue weighted by atomic mass is 10.2. The second-order valence-electron chi connectivity index (χ2n) is 5.36. The topological polar surface area (TPSA) is 77.0 Å². The van der Waals surface area contributed by atoms with E-state index in [4.69, 9.17) is 16.3 Å². The van der Waals surface area contributed by atoms with E-state index in [1.165, 1.54) is 0 Å². The number of rotatable bonds is 3. The summed E-state index contributed by atoms with van der Waals surface area (Å²) >= 11 is 6.08. The molecule has 1 N–H and O–H groups in total. The lowest BCUT2D eigenvalue weighted by Crippen LogP contribution is -2.18. The molecule has 3 aromatic rings. The van der Waals surface area contributed by atoms with Crippen molar-refractivity contribution in [1.29, 1.82) is 0 Å². The van der Waals surface area contributed by atoms with Crippen molar-refractivity contribution in [2.45, 2.75) is 20.8 Å². The van der Waals surface area contributed by atoms with Crippen molar-refractivity contribution in [3.8, 4) is 5.69 Å². The van der Waals surface area contributed by atoms with Crippen LogP contribution in [-0.2, 0) is 4.74 Å². The monoisotopic (exact) mass is 345 g/mol. The molecule has 0 radical (unpaired) electrons. The van der Waals surface area contributed by atoms with Crippen molar-refractivity contribution in [3.63, 3.8) is 0 Å². The van der Waals surface area contributed by atoms with Crippen molar-refractivity contribution >= 4 is 28.6 Å². The molecule has 0 saturated heterocycles. The molecule has 2 heterocycles. The number of carbonyl (C=O) groups is 1. The number of carbonyl (C=O) groups excluding carboxylic acids is 1. The minimum atomic E-state index is -0.661. The molecule has 0 fully saturated rings. The molecular formula is C17H16ClN3O3. The van der Waals surface area contributed by atoms with E-state index in [9.17, 15) is 9.59 Å². The van der Waals surface area contributed by atoms with Crippen LogP contribution in [0.5, 0.6) is 0 Å². The Hall–Kier alpha value is -2.60. The number of hydrogen-bond donors (Lipinski definition) is 1. The van der Waals surface area contributed by atoms with E-state index in [2.05, 4.69) is 9.97 Å². The first-order chi connectivity index (χ1) is 11.4. The van der Waals surface area contributed by atoms with Crippen LogP contribution in [0.15, 0.2) is 29.1 Å². The summed E-state index contributed by atoms with van der Waals surface area (Å²) in [5.74, 6) is -0.777. The van der Waals surface area contributed by atoms with E-state index in [0.29, 0.717) is 16.1 Å². The number of fused-ring (bicyclic) bond motifs is 1. The summed E-state index contributed by atoms with van der Waals surface area (Å²) in [4.78, 5) is 31.2. The number of ether oxygens (including phenoxy) is 1. The van der Waals surface area contributed by atoms with Crippen molar-refractivity contribution in [2.75, 3.05) is 6.61 Å². The third kappa shape index (κ3) is 2.59. The SMILES string of the molecule is CCOC(=O)c1nc2c(c(C)c(C)n2-c2cccc(Cl)c2)c(=O)[nH]1. The van der Waals surface area contributed by atoms with Gasteiger partial charge >= 0.3 is 5.97 Å². The van der Waals surface area contributed by atoms with Crippen molar-refractivity contribution < 1.29 is 9.53 Å². The Balaban J connectivity index is 2.35. The first kappa shape index (κ1) is 16.3. The zero-order chi connectivity index (χ0) is 17.4. The predicted octanol–water partition coefficient (Wildman–Crippen LogP) is 3.16. The Morgan fingerprint density at radius 1 is 1.38 bits per heavy atom. The first-order valence-electron chi connectivity index (χ1n) is 7.49. The number of nitrogens with zero attached hydrogens (tertiary/aromatic N) is 2. The molecule has 0 aliphatic heterocycles. The maximum atomic E-state index is 12.5. The molecule has 24 heavy (non-hydrogen) atoms. The van der Waals surface area contributed by atoms with Gasteiger partial charge in [-0.3, -0.25) is 9.36 Å². The predicted molar refractivity (Wildman–Crippen MR) is 92.1 cm³/mol. The largest absolute Gasteiger partial charge is 0.460 e. The number of nitrogens with one attached hydrogen (secondary N) is 1. The minimum absolute atomic E-state index is 0.116. The van der Waals surface area contributed by atoms with Gasteiger partial charge in [0.1, 0.15) is 0 Å². The highest BCUT2D eigenvalue weighted by Crippen LogP contribution is 2.26. The van der Waals surface area contributed by atoms with Crippen molar-refractivity contribution in [2.24, 2.45) is 0 Å². The van der Waals surface area contributed by atoms with Gasteiger partial charge in [0, 0.05) is 16.4 Å².